The van der Waals surface area contributed by atoms with Crippen molar-refractivity contribution in [1.29, 1.82) is 0 Å². The SMILES string of the molecule is C=CCc1cc(/C=c2/sc3n(c2=O)[C@@H](c2ccc(Cl)cc2)C(C(=O)OCC)=C(C)N=3)cc(OCC)c1OCc1ccc(Cl)cc1. The normalized spacial score (nSPS) is 14.5. The van der Waals surface area contributed by atoms with E-state index < -0.39 is 12.0 Å². The molecule has 0 bridgehead atoms. The summed E-state index contributed by atoms with van der Waals surface area (Å²) in [5.74, 6) is 0.657. The minimum absolute atomic E-state index is 0.196. The number of fused-ring (bicyclic) bond motifs is 1. The number of benzene rings is 3. The minimum atomic E-state index is -0.723. The number of rotatable bonds is 11. The molecular weight excluding hydrogens is 631 g/mol. The van der Waals surface area contributed by atoms with Crippen molar-refractivity contribution in [2.24, 2.45) is 4.99 Å². The summed E-state index contributed by atoms with van der Waals surface area (Å²) in [6.45, 7) is 10.3. The van der Waals surface area contributed by atoms with Crippen molar-refractivity contribution in [2.45, 2.75) is 39.8 Å². The number of aromatic nitrogens is 1. The molecule has 0 N–H and O–H groups in total. The zero-order valence-corrected chi connectivity index (χ0v) is 27.5. The maximum atomic E-state index is 14.1. The fraction of sp³-hybridized carbons (Fsp3) is 0.229. The van der Waals surface area contributed by atoms with Crippen LogP contribution in [0.1, 0.15) is 49.1 Å². The van der Waals surface area contributed by atoms with E-state index in [1.165, 1.54) is 11.3 Å². The number of ether oxygens (including phenoxy) is 3. The summed E-state index contributed by atoms with van der Waals surface area (Å²) in [6.07, 6.45) is 4.13. The first-order valence-electron chi connectivity index (χ1n) is 14.5. The van der Waals surface area contributed by atoms with Gasteiger partial charge in [0, 0.05) is 15.6 Å². The van der Waals surface area contributed by atoms with Gasteiger partial charge in [0.25, 0.3) is 5.56 Å². The van der Waals surface area contributed by atoms with Crippen LogP contribution in [0.4, 0.5) is 0 Å². The Kier molecular flexibility index (Phi) is 10.3. The molecule has 0 radical (unpaired) electrons. The van der Waals surface area contributed by atoms with E-state index in [9.17, 15) is 9.59 Å². The second kappa shape index (κ2) is 14.3. The molecule has 0 saturated carbocycles. The zero-order chi connectivity index (χ0) is 32.1. The Bertz CT molecular complexity index is 1940. The molecule has 0 fully saturated rings. The van der Waals surface area contributed by atoms with Crippen LogP contribution in [0.5, 0.6) is 11.5 Å². The summed E-state index contributed by atoms with van der Waals surface area (Å²) in [5, 5.41) is 1.20. The van der Waals surface area contributed by atoms with Crippen molar-refractivity contribution in [3.8, 4) is 11.5 Å². The monoisotopic (exact) mass is 662 g/mol. The standard InChI is InChI=1S/C35H32Cl2N2O5S/c1-5-8-25-17-23(18-28(42-6-2)32(25)44-20-22-9-13-26(36)14-10-22)19-29-33(40)39-31(24-11-15-27(37)16-12-24)30(34(41)43-7-3)21(4)38-35(39)45-29/h5,9-19,31H,1,6-8,20H2,2-4H3/b29-19+/t31-/m0/s1. The van der Waals surface area contributed by atoms with Gasteiger partial charge in [-0.1, -0.05) is 64.9 Å². The van der Waals surface area contributed by atoms with Gasteiger partial charge in [-0.3, -0.25) is 9.36 Å². The van der Waals surface area contributed by atoms with Gasteiger partial charge in [0.1, 0.15) is 6.61 Å². The first-order chi connectivity index (χ1) is 21.7. The lowest BCUT2D eigenvalue weighted by atomic mass is 9.96. The summed E-state index contributed by atoms with van der Waals surface area (Å²) in [7, 11) is 0. The Morgan fingerprint density at radius 2 is 1.71 bits per heavy atom. The lowest BCUT2D eigenvalue weighted by molar-refractivity contribution is -0.139. The Morgan fingerprint density at radius 3 is 2.36 bits per heavy atom. The van der Waals surface area contributed by atoms with Gasteiger partial charge < -0.3 is 14.2 Å². The van der Waals surface area contributed by atoms with Crippen molar-refractivity contribution in [3.63, 3.8) is 0 Å². The van der Waals surface area contributed by atoms with Crippen molar-refractivity contribution < 1.29 is 19.0 Å². The predicted octanol–water partition coefficient (Wildman–Crippen LogP) is 6.81. The maximum Gasteiger partial charge on any atom is 0.338 e. The molecule has 0 unspecified atom stereocenters. The van der Waals surface area contributed by atoms with Crippen molar-refractivity contribution in [1.82, 2.24) is 4.57 Å². The number of hydrogen-bond acceptors (Lipinski definition) is 7. The van der Waals surface area contributed by atoms with Crippen molar-refractivity contribution in [2.75, 3.05) is 13.2 Å². The third-order valence-corrected chi connectivity index (χ3v) is 8.60. The van der Waals surface area contributed by atoms with Gasteiger partial charge >= 0.3 is 5.97 Å². The van der Waals surface area contributed by atoms with E-state index in [1.807, 2.05) is 49.4 Å². The van der Waals surface area contributed by atoms with Crippen LogP contribution in [-0.2, 0) is 22.6 Å². The van der Waals surface area contributed by atoms with Crippen LogP contribution in [0.15, 0.2) is 94.4 Å². The fourth-order valence-electron chi connectivity index (χ4n) is 5.14. The van der Waals surface area contributed by atoms with E-state index in [0.717, 1.165) is 22.3 Å². The number of hydrogen-bond donors (Lipinski definition) is 0. The molecule has 0 saturated heterocycles. The number of thiazole rings is 1. The topological polar surface area (TPSA) is 79.1 Å². The predicted molar refractivity (Wildman–Crippen MR) is 179 cm³/mol. The second-order valence-corrected chi connectivity index (χ2v) is 12.1. The Labute approximate surface area is 275 Å². The Morgan fingerprint density at radius 1 is 1.02 bits per heavy atom. The quantitative estimate of drug-likeness (QED) is 0.130. The number of nitrogens with zero attached hydrogens (tertiary/aromatic N) is 2. The van der Waals surface area contributed by atoms with Gasteiger partial charge in [0.05, 0.1) is 35.1 Å². The Hall–Kier alpha value is -4.11. The molecule has 3 aromatic carbocycles. The molecule has 232 valence electrons. The summed E-state index contributed by atoms with van der Waals surface area (Å²) >= 11 is 13.5. The van der Waals surface area contributed by atoms with Gasteiger partial charge in [-0.2, -0.15) is 0 Å². The lowest BCUT2D eigenvalue weighted by Crippen LogP contribution is -2.39. The highest BCUT2D eigenvalue weighted by molar-refractivity contribution is 7.07. The van der Waals surface area contributed by atoms with Crippen LogP contribution in [0.25, 0.3) is 6.08 Å². The molecule has 0 aliphatic carbocycles. The van der Waals surface area contributed by atoms with Gasteiger partial charge in [0.15, 0.2) is 16.3 Å². The molecule has 0 amide bonds. The van der Waals surface area contributed by atoms with E-state index in [4.69, 9.17) is 37.4 Å². The molecule has 5 rings (SSSR count). The van der Waals surface area contributed by atoms with E-state index in [1.54, 1.807) is 48.8 Å². The highest BCUT2D eigenvalue weighted by Crippen LogP contribution is 2.35. The van der Waals surface area contributed by atoms with E-state index in [0.29, 0.717) is 61.8 Å². The van der Waals surface area contributed by atoms with Crippen molar-refractivity contribution >= 4 is 46.6 Å². The van der Waals surface area contributed by atoms with Crippen LogP contribution in [0.2, 0.25) is 10.0 Å². The van der Waals surface area contributed by atoms with E-state index in [2.05, 4.69) is 11.6 Å². The zero-order valence-electron chi connectivity index (χ0n) is 25.1. The molecule has 1 aromatic heterocycles. The number of carbonyl (C=O) groups is 1. The van der Waals surface area contributed by atoms with Crippen molar-refractivity contribution in [3.05, 3.63) is 137 Å². The van der Waals surface area contributed by atoms with E-state index >= 15 is 0 Å². The summed E-state index contributed by atoms with van der Waals surface area (Å²) in [5.41, 5.74) is 3.83. The van der Waals surface area contributed by atoms with Crippen LogP contribution < -0.4 is 24.4 Å². The number of carbonyl (C=O) groups excluding carboxylic acids is 1. The molecule has 7 nitrogen and oxygen atoms in total. The molecule has 1 atom stereocenters. The third kappa shape index (κ3) is 7.09. The van der Waals surface area contributed by atoms with Gasteiger partial charge in [0.2, 0.25) is 0 Å². The Balaban J connectivity index is 1.62. The molecule has 4 aromatic rings. The largest absolute Gasteiger partial charge is 0.490 e. The molecule has 1 aliphatic rings. The van der Waals surface area contributed by atoms with Gasteiger partial charge in [-0.15, -0.1) is 6.58 Å². The number of esters is 1. The van der Waals surface area contributed by atoms with Crippen LogP contribution in [0.3, 0.4) is 0 Å². The number of halogens is 2. The fourth-order valence-corrected chi connectivity index (χ4v) is 6.44. The highest BCUT2D eigenvalue weighted by atomic mass is 35.5. The summed E-state index contributed by atoms with van der Waals surface area (Å²) < 4.78 is 19.7. The van der Waals surface area contributed by atoms with Gasteiger partial charge in [-0.05, 0) is 86.4 Å². The van der Waals surface area contributed by atoms with Gasteiger partial charge in [-0.25, -0.2) is 9.79 Å². The molecule has 1 aliphatic heterocycles. The minimum Gasteiger partial charge on any atom is -0.490 e. The molecule has 10 heteroatoms. The smallest absolute Gasteiger partial charge is 0.338 e. The lowest BCUT2D eigenvalue weighted by Gasteiger charge is -2.24. The molecule has 45 heavy (non-hydrogen) atoms. The first-order valence-corrected chi connectivity index (χ1v) is 16.0. The van der Waals surface area contributed by atoms with Crippen LogP contribution >= 0.6 is 34.5 Å². The molecule has 0 spiro atoms. The molecular formula is C35H32Cl2N2O5S. The van der Waals surface area contributed by atoms with Crippen LogP contribution in [-0.4, -0.2) is 23.8 Å². The first kappa shape index (κ1) is 32.3. The van der Waals surface area contributed by atoms with Crippen LogP contribution in [0, 0.1) is 0 Å². The molecule has 2 heterocycles. The second-order valence-electron chi connectivity index (χ2n) is 10.2. The average Bonchev–Trinajstić information content (AvgIpc) is 3.31. The van der Waals surface area contributed by atoms with E-state index in [-0.39, 0.29) is 12.2 Å². The highest BCUT2D eigenvalue weighted by Gasteiger charge is 2.33. The number of allylic oxidation sites excluding steroid dienone is 2. The average molecular weight is 664 g/mol. The summed E-state index contributed by atoms with van der Waals surface area (Å²) in [6, 6.07) is 17.6. The third-order valence-electron chi connectivity index (χ3n) is 7.12. The maximum absolute atomic E-state index is 14.1. The summed E-state index contributed by atoms with van der Waals surface area (Å²) in [4.78, 5) is 32.4.